The van der Waals surface area contributed by atoms with E-state index in [0.29, 0.717) is 22.8 Å². The Hall–Kier alpha value is -4.77. The number of nitro groups is 1. The van der Waals surface area contributed by atoms with Crippen LogP contribution in [0.1, 0.15) is 21.7 Å². The fourth-order valence-electron chi connectivity index (χ4n) is 3.37. The van der Waals surface area contributed by atoms with Crippen LogP contribution in [0.15, 0.2) is 99.3 Å². The van der Waals surface area contributed by atoms with E-state index in [2.05, 4.69) is 10.5 Å². The molecule has 3 aromatic carbocycles. The zero-order valence-corrected chi connectivity index (χ0v) is 20.7. The van der Waals surface area contributed by atoms with Crippen molar-refractivity contribution in [3.05, 3.63) is 112 Å². The molecule has 0 aliphatic heterocycles. The number of sulfonamides is 1. The maximum atomic E-state index is 12.9. The Morgan fingerprint density at radius 3 is 2.24 bits per heavy atom. The first kappa shape index (κ1) is 25.3. The van der Waals surface area contributed by atoms with Gasteiger partial charge in [-0.3, -0.25) is 19.2 Å². The maximum Gasteiger partial charge on any atom is 0.271 e. The lowest BCUT2D eigenvalue weighted by molar-refractivity contribution is -0.384. The molecule has 10 nitrogen and oxygen atoms in total. The average molecular weight is 519 g/mol. The van der Waals surface area contributed by atoms with Gasteiger partial charge in [-0.2, -0.15) is 5.10 Å². The molecule has 11 heteroatoms. The second-order valence-electron chi connectivity index (χ2n) is 8.04. The van der Waals surface area contributed by atoms with Crippen LogP contribution in [0.4, 0.5) is 11.4 Å². The smallest absolute Gasteiger partial charge is 0.271 e. The number of benzene rings is 3. The Morgan fingerprint density at radius 1 is 0.973 bits per heavy atom. The van der Waals surface area contributed by atoms with Gasteiger partial charge in [-0.1, -0.05) is 17.7 Å². The molecule has 1 N–H and O–H groups in total. The van der Waals surface area contributed by atoms with E-state index >= 15 is 0 Å². The molecule has 1 aromatic heterocycles. The Balaban J connectivity index is 1.38. The number of aryl methyl sites for hydroxylation is 1. The van der Waals surface area contributed by atoms with Crippen LogP contribution in [0.25, 0.3) is 11.3 Å². The van der Waals surface area contributed by atoms with Crippen LogP contribution in [-0.4, -0.2) is 32.5 Å². The van der Waals surface area contributed by atoms with E-state index in [1.54, 1.807) is 48.5 Å². The molecule has 0 atom stereocenters. The molecule has 4 aromatic rings. The van der Waals surface area contributed by atoms with E-state index in [-0.39, 0.29) is 16.1 Å². The molecule has 188 valence electrons. The van der Waals surface area contributed by atoms with Gasteiger partial charge in [-0.25, -0.2) is 13.8 Å². The van der Waals surface area contributed by atoms with Crippen molar-refractivity contribution in [3.8, 4) is 11.3 Å². The third-order valence-electron chi connectivity index (χ3n) is 5.52. The van der Waals surface area contributed by atoms with Crippen molar-refractivity contribution in [1.82, 2.24) is 5.43 Å². The number of non-ortho nitro benzene ring substituents is 1. The minimum absolute atomic E-state index is 0.0210. The number of nitrogens with one attached hydrogen (secondary N) is 1. The summed E-state index contributed by atoms with van der Waals surface area (Å²) in [6.07, 6.45) is 1.32. The molecule has 0 radical (unpaired) electrons. The van der Waals surface area contributed by atoms with E-state index < -0.39 is 20.9 Å². The predicted octanol–water partition coefficient (Wildman–Crippen LogP) is 4.75. The summed E-state index contributed by atoms with van der Waals surface area (Å²) in [6.45, 7) is 1.88. The second kappa shape index (κ2) is 10.5. The van der Waals surface area contributed by atoms with Gasteiger partial charge in [0.05, 0.1) is 21.7 Å². The number of nitrogens with zero attached hydrogens (tertiary/aromatic N) is 3. The Kier molecular flexibility index (Phi) is 7.16. The molecule has 0 bridgehead atoms. The van der Waals surface area contributed by atoms with Crippen LogP contribution in [0.3, 0.4) is 0 Å². The Bertz CT molecular complexity index is 1560. The number of hydrazone groups is 1. The van der Waals surface area contributed by atoms with Crippen LogP contribution >= 0.6 is 0 Å². The minimum Gasteiger partial charge on any atom is -0.455 e. The molecule has 4 rings (SSSR count). The predicted molar refractivity (Wildman–Crippen MR) is 139 cm³/mol. The zero-order valence-electron chi connectivity index (χ0n) is 19.9. The van der Waals surface area contributed by atoms with Crippen LogP contribution in [0, 0.1) is 17.0 Å². The fourth-order valence-corrected chi connectivity index (χ4v) is 4.57. The monoisotopic (exact) mass is 518 g/mol. The molecule has 0 saturated carbocycles. The molecule has 1 amide bonds. The number of carbonyl (C=O) groups is 1. The summed E-state index contributed by atoms with van der Waals surface area (Å²) >= 11 is 0. The molecular formula is C26H22N4O6S. The summed E-state index contributed by atoms with van der Waals surface area (Å²) in [7, 11) is -2.29. The highest BCUT2D eigenvalue weighted by Gasteiger charge is 2.21. The number of hydrogen-bond acceptors (Lipinski definition) is 7. The number of rotatable bonds is 8. The van der Waals surface area contributed by atoms with Crippen molar-refractivity contribution in [3.63, 3.8) is 0 Å². The normalized spacial score (nSPS) is 11.4. The lowest BCUT2D eigenvalue weighted by atomic mass is 10.1. The first-order valence-electron chi connectivity index (χ1n) is 11.0. The van der Waals surface area contributed by atoms with Gasteiger partial charge in [0.15, 0.2) is 0 Å². The molecule has 0 unspecified atom stereocenters. The van der Waals surface area contributed by atoms with E-state index in [0.717, 1.165) is 9.87 Å². The number of furan rings is 1. The Labute approximate surface area is 213 Å². The first-order valence-corrected chi connectivity index (χ1v) is 12.4. The molecule has 1 heterocycles. The van der Waals surface area contributed by atoms with Crippen LogP contribution in [0.5, 0.6) is 0 Å². The number of nitro benzene ring substituents is 1. The molecule has 0 aliphatic carbocycles. The highest BCUT2D eigenvalue weighted by Crippen LogP contribution is 2.24. The first-order chi connectivity index (χ1) is 17.6. The summed E-state index contributed by atoms with van der Waals surface area (Å²) in [5, 5.41) is 14.7. The number of carbonyl (C=O) groups excluding carboxylic acids is 1. The molecule has 0 spiro atoms. The van der Waals surface area contributed by atoms with Gasteiger partial charge in [0.2, 0.25) is 0 Å². The third kappa shape index (κ3) is 5.73. The Morgan fingerprint density at radius 2 is 1.62 bits per heavy atom. The lowest BCUT2D eigenvalue weighted by Crippen LogP contribution is -2.26. The van der Waals surface area contributed by atoms with Gasteiger partial charge in [-0.05, 0) is 67.6 Å². The van der Waals surface area contributed by atoms with Crippen LogP contribution in [0.2, 0.25) is 0 Å². The van der Waals surface area contributed by atoms with Crippen LogP contribution < -0.4 is 9.73 Å². The molecule has 0 fully saturated rings. The van der Waals surface area contributed by atoms with Crippen LogP contribution in [-0.2, 0) is 10.0 Å². The quantitative estimate of drug-likeness (QED) is 0.203. The third-order valence-corrected chi connectivity index (χ3v) is 7.32. The minimum atomic E-state index is -3.74. The largest absolute Gasteiger partial charge is 0.455 e. The summed E-state index contributed by atoms with van der Waals surface area (Å²) in [5.41, 5.74) is 4.66. The van der Waals surface area contributed by atoms with Gasteiger partial charge >= 0.3 is 0 Å². The summed E-state index contributed by atoms with van der Waals surface area (Å²) in [6, 6.07) is 21.9. The van der Waals surface area contributed by atoms with Gasteiger partial charge in [0.25, 0.3) is 21.6 Å². The fraction of sp³-hybridized carbons (Fsp3) is 0.0769. The van der Waals surface area contributed by atoms with E-state index in [4.69, 9.17) is 4.42 Å². The lowest BCUT2D eigenvalue weighted by Gasteiger charge is -2.19. The van der Waals surface area contributed by atoms with Crippen molar-refractivity contribution in [2.45, 2.75) is 11.8 Å². The molecule has 0 aliphatic rings. The van der Waals surface area contributed by atoms with Crippen molar-refractivity contribution >= 4 is 33.5 Å². The van der Waals surface area contributed by atoms with Crippen molar-refractivity contribution in [1.29, 1.82) is 0 Å². The van der Waals surface area contributed by atoms with E-state index in [1.807, 2.05) is 6.92 Å². The SMILES string of the molecule is Cc1ccc(S(=O)(=O)N(C)c2ccc(C(=O)N/N=C\c3ccc(-c4ccc([N+](=O)[O-])cc4)o3)cc2)cc1. The van der Waals surface area contributed by atoms with Crippen molar-refractivity contribution in [2.75, 3.05) is 11.4 Å². The van der Waals surface area contributed by atoms with E-state index in [1.165, 1.54) is 49.7 Å². The maximum absolute atomic E-state index is 12.9. The average Bonchev–Trinajstić information content (AvgIpc) is 3.37. The number of hydrogen-bond donors (Lipinski definition) is 1. The highest BCUT2D eigenvalue weighted by atomic mass is 32.2. The van der Waals surface area contributed by atoms with Gasteiger partial charge in [0, 0.05) is 30.3 Å². The standard InChI is InChI=1S/C26H22N4O6S/c1-18-3-14-24(15-4-18)37(34,35)29(2)21-9-7-20(8-10-21)26(31)28-27-17-23-13-16-25(36-23)19-5-11-22(12-6-19)30(32)33/h3-17H,1-2H3,(H,28,31)/b27-17-. The second-order valence-corrected chi connectivity index (χ2v) is 10.0. The molecule has 0 saturated heterocycles. The highest BCUT2D eigenvalue weighted by molar-refractivity contribution is 7.92. The van der Waals surface area contributed by atoms with E-state index in [9.17, 15) is 23.3 Å². The van der Waals surface area contributed by atoms with Crippen molar-refractivity contribution < 1.29 is 22.6 Å². The zero-order chi connectivity index (χ0) is 26.6. The number of anilines is 1. The summed E-state index contributed by atoms with van der Waals surface area (Å²) in [4.78, 5) is 22.9. The van der Waals surface area contributed by atoms with Gasteiger partial charge in [-0.15, -0.1) is 0 Å². The molecular weight excluding hydrogens is 496 g/mol. The van der Waals surface area contributed by atoms with Gasteiger partial charge in [0.1, 0.15) is 11.5 Å². The van der Waals surface area contributed by atoms with Crippen molar-refractivity contribution in [2.24, 2.45) is 5.10 Å². The van der Waals surface area contributed by atoms with Gasteiger partial charge < -0.3 is 4.42 Å². The number of amides is 1. The molecule has 37 heavy (non-hydrogen) atoms. The summed E-state index contributed by atoms with van der Waals surface area (Å²) in [5.74, 6) is 0.365. The topological polar surface area (TPSA) is 135 Å². The summed E-state index contributed by atoms with van der Waals surface area (Å²) < 4.78 is 32.5.